The van der Waals surface area contributed by atoms with Crippen LogP contribution in [0.1, 0.15) is 31.9 Å². The van der Waals surface area contributed by atoms with E-state index < -0.39 is 0 Å². The Balaban J connectivity index is 2.81. The van der Waals surface area contributed by atoms with Crippen LogP contribution in [0.5, 0.6) is 0 Å². The summed E-state index contributed by atoms with van der Waals surface area (Å²) in [7, 11) is 0. The molecule has 0 aliphatic heterocycles. The summed E-state index contributed by atoms with van der Waals surface area (Å²) in [6.07, 6.45) is 2.25. The van der Waals surface area contributed by atoms with Crippen molar-refractivity contribution in [2.45, 2.75) is 40.2 Å². The zero-order valence-electron chi connectivity index (χ0n) is 10.3. The van der Waals surface area contributed by atoms with E-state index in [9.17, 15) is 0 Å². The number of rotatable bonds is 0. The molecule has 15 heavy (non-hydrogen) atoms. The Labute approximate surface area is 91.7 Å². The Morgan fingerprint density at radius 2 is 1.73 bits per heavy atom. The van der Waals surface area contributed by atoms with Crippen LogP contribution in [0, 0.1) is 13.8 Å². The quantitative estimate of drug-likeness (QED) is 0.607. The van der Waals surface area contributed by atoms with E-state index in [2.05, 4.69) is 63.6 Å². The molecular formula is C14H19N. The highest BCUT2D eigenvalue weighted by Crippen LogP contribution is 2.27. The van der Waals surface area contributed by atoms with Crippen molar-refractivity contribution in [3.05, 3.63) is 35.5 Å². The second-order valence-corrected chi connectivity index (χ2v) is 5.37. The van der Waals surface area contributed by atoms with Gasteiger partial charge in [-0.25, -0.2) is 0 Å². The highest BCUT2D eigenvalue weighted by atomic mass is 15.0. The Morgan fingerprint density at radius 3 is 2.33 bits per heavy atom. The number of hydrogen-bond donors (Lipinski definition) is 0. The maximum Gasteiger partial charge on any atom is 0.0490 e. The number of aromatic nitrogens is 1. The lowest BCUT2D eigenvalue weighted by Crippen LogP contribution is -2.20. The monoisotopic (exact) mass is 201 g/mol. The molecule has 1 heterocycles. The van der Waals surface area contributed by atoms with E-state index in [1.165, 1.54) is 22.0 Å². The summed E-state index contributed by atoms with van der Waals surface area (Å²) in [6.45, 7) is 11.1. The van der Waals surface area contributed by atoms with Crippen LogP contribution >= 0.6 is 0 Å². The predicted molar refractivity (Wildman–Crippen MR) is 66.4 cm³/mol. The van der Waals surface area contributed by atoms with Gasteiger partial charge in [0.2, 0.25) is 0 Å². The molecular weight excluding hydrogens is 182 g/mol. The molecule has 0 N–H and O–H groups in total. The Kier molecular flexibility index (Phi) is 2.14. The van der Waals surface area contributed by atoms with Crippen LogP contribution in [0.25, 0.3) is 10.9 Å². The zero-order chi connectivity index (χ0) is 11.2. The Bertz CT molecular complexity index is 498. The molecule has 2 rings (SSSR count). The van der Waals surface area contributed by atoms with Gasteiger partial charge in [0.1, 0.15) is 0 Å². The van der Waals surface area contributed by atoms with Crippen molar-refractivity contribution in [1.82, 2.24) is 4.57 Å². The molecule has 0 fully saturated rings. The number of hydrogen-bond acceptors (Lipinski definition) is 0. The first-order valence-corrected chi connectivity index (χ1v) is 5.48. The van der Waals surface area contributed by atoms with Crippen LogP contribution in [0.4, 0.5) is 0 Å². The van der Waals surface area contributed by atoms with Crippen molar-refractivity contribution in [3.63, 3.8) is 0 Å². The third-order valence-corrected chi connectivity index (χ3v) is 2.88. The van der Waals surface area contributed by atoms with Gasteiger partial charge in [0, 0.05) is 22.6 Å². The summed E-state index contributed by atoms with van der Waals surface area (Å²) < 4.78 is 2.37. The second kappa shape index (κ2) is 3.13. The summed E-state index contributed by atoms with van der Waals surface area (Å²) in [6, 6.07) is 6.68. The van der Waals surface area contributed by atoms with Gasteiger partial charge in [-0.15, -0.1) is 0 Å². The summed E-state index contributed by atoms with van der Waals surface area (Å²) in [5.41, 5.74) is 4.19. The second-order valence-electron chi connectivity index (χ2n) is 5.37. The SMILES string of the molecule is Cc1ccc2c(C)cn(C(C)(C)C)c2c1. The highest BCUT2D eigenvalue weighted by molar-refractivity contribution is 5.84. The van der Waals surface area contributed by atoms with E-state index in [-0.39, 0.29) is 5.54 Å². The Morgan fingerprint density at radius 1 is 1.07 bits per heavy atom. The topological polar surface area (TPSA) is 4.93 Å². The first-order valence-electron chi connectivity index (χ1n) is 5.48. The van der Waals surface area contributed by atoms with E-state index in [0.717, 1.165) is 0 Å². The van der Waals surface area contributed by atoms with E-state index in [1.807, 2.05) is 0 Å². The summed E-state index contributed by atoms with van der Waals surface area (Å²) >= 11 is 0. The third-order valence-electron chi connectivity index (χ3n) is 2.88. The molecule has 80 valence electrons. The number of fused-ring (bicyclic) bond motifs is 1. The van der Waals surface area contributed by atoms with E-state index in [4.69, 9.17) is 0 Å². The maximum absolute atomic E-state index is 2.37. The molecule has 0 atom stereocenters. The van der Waals surface area contributed by atoms with Gasteiger partial charge in [-0.3, -0.25) is 0 Å². The van der Waals surface area contributed by atoms with Crippen LogP contribution in [0.3, 0.4) is 0 Å². The van der Waals surface area contributed by atoms with Gasteiger partial charge in [0.05, 0.1) is 0 Å². The van der Waals surface area contributed by atoms with Gasteiger partial charge < -0.3 is 4.57 Å². The van der Waals surface area contributed by atoms with Crippen LogP contribution in [0.15, 0.2) is 24.4 Å². The minimum Gasteiger partial charge on any atom is -0.342 e. The number of aryl methyl sites for hydroxylation is 2. The Hall–Kier alpha value is -1.24. The lowest BCUT2D eigenvalue weighted by atomic mass is 10.1. The number of benzene rings is 1. The maximum atomic E-state index is 2.37. The van der Waals surface area contributed by atoms with Gasteiger partial charge >= 0.3 is 0 Å². The molecule has 0 amide bonds. The minimum atomic E-state index is 0.153. The van der Waals surface area contributed by atoms with Gasteiger partial charge in [-0.2, -0.15) is 0 Å². The van der Waals surface area contributed by atoms with Crippen LogP contribution in [-0.4, -0.2) is 4.57 Å². The van der Waals surface area contributed by atoms with Gasteiger partial charge in [-0.1, -0.05) is 12.1 Å². The molecule has 1 aromatic heterocycles. The predicted octanol–water partition coefficient (Wildman–Crippen LogP) is 4.01. The van der Waals surface area contributed by atoms with Gasteiger partial charge in [-0.05, 0) is 51.8 Å². The van der Waals surface area contributed by atoms with Crippen molar-refractivity contribution >= 4 is 10.9 Å². The summed E-state index contributed by atoms with van der Waals surface area (Å²) in [5.74, 6) is 0. The molecule has 0 bridgehead atoms. The fourth-order valence-corrected chi connectivity index (χ4v) is 2.06. The molecule has 0 radical (unpaired) electrons. The number of nitrogens with zero attached hydrogens (tertiary/aromatic N) is 1. The van der Waals surface area contributed by atoms with E-state index >= 15 is 0 Å². The zero-order valence-corrected chi connectivity index (χ0v) is 10.3. The van der Waals surface area contributed by atoms with Crippen molar-refractivity contribution in [3.8, 4) is 0 Å². The largest absolute Gasteiger partial charge is 0.342 e. The molecule has 0 aliphatic rings. The molecule has 0 unspecified atom stereocenters. The average Bonchev–Trinajstić information content (AvgIpc) is 2.42. The minimum absolute atomic E-state index is 0.153. The van der Waals surface area contributed by atoms with Gasteiger partial charge in [0.25, 0.3) is 0 Å². The van der Waals surface area contributed by atoms with Crippen molar-refractivity contribution < 1.29 is 0 Å². The molecule has 1 aromatic carbocycles. The van der Waals surface area contributed by atoms with E-state index in [0.29, 0.717) is 0 Å². The molecule has 0 spiro atoms. The summed E-state index contributed by atoms with van der Waals surface area (Å²) in [5, 5.41) is 1.37. The first-order chi connectivity index (χ1) is 6.89. The third kappa shape index (κ3) is 1.67. The van der Waals surface area contributed by atoms with Crippen LogP contribution in [-0.2, 0) is 5.54 Å². The van der Waals surface area contributed by atoms with Gasteiger partial charge in [0.15, 0.2) is 0 Å². The standard InChI is InChI=1S/C14H19N/c1-10-6-7-12-11(2)9-15(13(12)8-10)14(3,4)5/h6-9H,1-5H3. The average molecular weight is 201 g/mol. The van der Waals surface area contributed by atoms with E-state index in [1.54, 1.807) is 0 Å². The van der Waals surface area contributed by atoms with Crippen LogP contribution in [0.2, 0.25) is 0 Å². The molecule has 1 nitrogen and oxygen atoms in total. The fourth-order valence-electron chi connectivity index (χ4n) is 2.06. The lowest BCUT2D eigenvalue weighted by Gasteiger charge is -2.22. The normalized spacial score (nSPS) is 12.3. The molecule has 2 aromatic rings. The smallest absolute Gasteiger partial charge is 0.0490 e. The van der Waals surface area contributed by atoms with Crippen LogP contribution < -0.4 is 0 Å². The first kappa shape index (κ1) is 10.3. The molecule has 0 saturated heterocycles. The molecule has 0 aliphatic carbocycles. The fraction of sp³-hybridized carbons (Fsp3) is 0.429. The van der Waals surface area contributed by atoms with Crippen molar-refractivity contribution in [2.75, 3.05) is 0 Å². The highest BCUT2D eigenvalue weighted by Gasteiger charge is 2.16. The van der Waals surface area contributed by atoms with Crippen molar-refractivity contribution in [2.24, 2.45) is 0 Å². The summed E-state index contributed by atoms with van der Waals surface area (Å²) in [4.78, 5) is 0. The van der Waals surface area contributed by atoms with Crippen molar-refractivity contribution in [1.29, 1.82) is 0 Å². The molecule has 0 saturated carbocycles. The molecule has 1 heteroatoms. The lowest BCUT2D eigenvalue weighted by molar-refractivity contribution is 0.410.